The molecule has 0 amide bonds. The van der Waals surface area contributed by atoms with Crippen molar-refractivity contribution in [2.45, 2.75) is 31.8 Å². The Kier molecular flexibility index (Phi) is 5.34. The summed E-state index contributed by atoms with van der Waals surface area (Å²) in [5.74, 6) is 0.277. The van der Waals surface area contributed by atoms with Gasteiger partial charge >= 0.3 is 0 Å². The quantitative estimate of drug-likeness (QED) is 0.827. The number of hydrogen-bond acceptors (Lipinski definition) is 4. The highest BCUT2D eigenvalue weighted by molar-refractivity contribution is 7.89. The molecule has 0 bridgehead atoms. The zero-order chi connectivity index (χ0) is 14.6. The lowest BCUT2D eigenvalue weighted by Gasteiger charge is -2.16. The van der Waals surface area contributed by atoms with Crippen LogP contribution in [-0.2, 0) is 10.0 Å². The summed E-state index contributed by atoms with van der Waals surface area (Å²) in [5.41, 5.74) is 0.825. The van der Waals surface area contributed by atoms with E-state index in [-0.39, 0.29) is 23.1 Å². The molecule has 2 N–H and O–H groups in total. The molecule has 1 aromatic rings. The summed E-state index contributed by atoms with van der Waals surface area (Å²) in [7, 11) is -2.27. The van der Waals surface area contributed by atoms with Gasteiger partial charge < -0.3 is 9.84 Å². The van der Waals surface area contributed by atoms with E-state index >= 15 is 0 Å². The largest absolute Gasteiger partial charge is 0.495 e. The van der Waals surface area contributed by atoms with Crippen LogP contribution in [0.4, 0.5) is 0 Å². The molecule has 0 aliphatic rings. The van der Waals surface area contributed by atoms with E-state index in [1.165, 1.54) is 7.11 Å². The van der Waals surface area contributed by atoms with Crippen LogP contribution in [0.15, 0.2) is 23.1 Å². The lowest BCUT2D eigenvalue weighted by Crippen LogP contribution is -2.34. The Morgan fingerprint density at radius 2 is 2.00 bits per heavy atom. The second kappa shape index (κ2) is 6.36. The number of hydrogen-bond donors (Lipinski definition) is 2. The molecule has 0 aromatic heterocycles. The van der Waals surface area contributed by atoms with Gasteiger partial charge in [-0.3, -0.25) is 0 Å². The minimum Gasteiger partial charge on any atom is -0.495 e. The Morgan fingerprint density at radius 3 is 2.53 bits per heavy atom. The highest BCUT2D eigenvalue weighted by Crippen LogP contribution is 2.24. The van der Waals surface area contributed by atoms with E-state index in [0.717, 1.165) is 5.56 Å². The fourth-order valence-electron chi connectivity index (χ4n) is 1.50. The Morgan fingerprint density at radius 1 is 1.37 bits per heavy atom. The topological polar surface area (TPSA) is 75.6 Å². The summed E-state index contributed by atoms with van der Waals surface area (Å²) in [6.07, 6.45) is -0.717. The molecule has 0 fully saturated rings. The number of aliphatic hydroxyl groups is 1. The fourth-order valence-corrected chi connectivity index (χ4v) is 2.81. The molecule has 0 saturated carbocycles. The van der Waals surface area contributed by atoms with E-state index < -0.39 is 16.1 Å². The van der Waals surface area contributed by atoms with Crippen LogP contribution in [0.3, 0.4) is 0 Å². The summed E-state index contributed by atoms with van der Waals surface area (Å²) in [6, 6.07) is 4.94. The monoisotopic (exact) mass is 287 g/mol. The van der Waals surface area contributed by atoms with Crippen LogP contribution in [0.25, 0.3) is 0 Å². The van der Waals surface area contributed by atoms with E-state index in [2.05, 4.69) is 4.72 Å². The van der Waals surface area contributed by atoms with E-state index in [1.54, 1.807) is 25.1 Å². The average Bonchev–Trinajstić information content (AvgIpc) is 2.35. The standard InChI is InChI=1S/C13H21NO4S/c1-9(2)11(15)8-14-19(16,17)13-7-10(3)5-6-12(13)18-4/h5-7,9,11,14-15H,8H2,1-4H3. The molecule has 0 heterocycles. The molecule has 6 heteroatoms. The molecule has 1 rings (SSSR count). The van der Waals surface area contributed by atoms with Gasteiger partial charge in [0.15, 0.2) is 0 Å². The number of aryl methyl sites for hydroxylation is 1. The van der Waals surface area contributed by atoms with Crippen molar-refractivity contribution in [1.82, 2.24) is 4.72 Å². The third-order valence-corrected chi connectivity index (χ3v) is 4.31. The van der Waals surface area contributed by atoms with Gasteiger partial charge in [-0.2, -0.15) is 0 Å². The summed E-state index contributed by atoms with van der Waals surface area (Å²) < 4.78 is 31.8. The van der Waals surface area contributed by atoms with Crippen LogP contribution >= 0.6 is 0 Å². The van der Waals surface area contributed by atoms with Crippen molar-refractivity contribution < 1.29 is 18.3 Å². The van der Waals surface area contributed by atoms with Crippen molar-refractivity contribution in [2.75, 3.05) is 13.7 Å². The lowest BCUT2D eigenvalue weighted by molar-refractivity contribution is 0.129. The van der Waals surface area contributed by atoms with Gasteiger partial charge in [-0.25, -0.2) is 13.1 Å². The maximum Gasteiger partial charge on any atom is 0.244 e. The van der Waals surface area contributed by atoms with Crippen LogP contribution in [0.5, 0.6) is 5.75 Å². The average molecular weight is 287 g/mol. The molecule has 0 aliphatic carbocycles. The van der Waals surface area contributed by atoms with Crippen LogP contribution in [0.1, 0.15) is 19.4 Å². The van der Waals surface area contributed by atoms with E-state index in [9.17, 15) is 13.5 Å². The normalized spacial score (nSPS) is 13.6. The number of aliphatic hydroxyl groups excluding tert-OH is 1. The predicted octanol–water partition coefficient (Wildman–Crippen LogP) is 1.30. The van der Waals surface area contributed by atoms with Crippen molar-refractivity contribution >= 4 is 10.0 Å². The molecule has 0 saturated heterocycles. The molecule has 1 unspecified atom stereocenters. The van der Waals surface area contributed by atoms with Crippen molar-refractivity contribution in [2.24, 2.45) is 5.92 Å². The number of sulfonamides is 1. The fraction of sp³-hybridized carbons (Fsp3) is 0.538. The van der Waals surface area contributed by atoms with Gasteiger partial charge in [-0.1, -0.05) is 19.9 Å². The number of ether oxygens (including phenoxy) is 1. The van der Waals surface area contributed by atoms with Crippen LogP contribution in [0.2, 0.25) is 0 Å². The summed E-state index contributed by atoms with van der Waals surface area (Å²) in [4.78, 5) is 0.0888. The summed E-state index contributed by atoms with van der Waals surface area (Å²) >= 11 is 0. The summed E-state index contributed by atoms with van der Waals surface area (Å²) in [6.45, 7) is 5.44. The molecule has 1 aromatic carbocycles. The molecule has 5 nitrogen and oxygen atoms in total. The Balaban J connectivity index is 2.97. The molecule has 19 heavy (non-hydrogen) atoms. The molecule has 0 aliphatic heterocycles. The minimum atomic E-state index is -3.69. The highest BCUT2D eigenvalue weighted by Gasteiger charge is 2.21. The van der Waals surface area contributed by atoms with E-state index in [0.29, 0.717) is 0 Å². The number of methoxy groups -OCH3 is 1. The van der Waals surface area contributed by atoms with Gasteiger partial charge in [0.1, 0.15) is 10.6 Å². The van der Waals surface area contributed by atoms with E-state index in [1.807, 2.05) is 13.8 Å². The molecule has 0 radical (unpaired) electrons. The Hall–Kier alpha value is -1.11. The molecular formula is C13H21NO4S. The second-order valence-corrected chi connectivity index (χ2v) is 6.55. The highest BCUT2D eigenvalue weighted by atomic mass is 32.2. The van der Waals surface area contributed by atoms with Crippen molar-refractivity contribution in [3.63, 3.8) is 0 Å². The lowest BCUT2D eigenvalue weighted by atomic mass is 10.1. The zero-order valence-corrected chi connectivity index (χ0v) is 12.5. The molecule has 0 spiro atoms. The van der Waals surface area contributed by atoms with Crippen LogP contribution < -0.4 is 9.46 Å². The first-order valence-corrected chi connectivity index (χ1v) is 7.58. The SMILES string of the molecule is COc1ccc(C)cc1S(=O)(=O)NCC(O)C(C)C. The first-order valence-electron chi connectivity index (χ1n) is 6.10. The number of nitrogens with one attached hydrogen (secondary N) is 1. The van der Waals surface area contributed by atoms with Crippen LogP contribution in [-0.4, -0.2) is 33.3 Å². The number of rotatable bonds is 6. The zero-order valence-electron chi connectivity index (χ0n) is 11.7. The second-order valence-electron chi connectivity index (χ2n) is 4.82. The maximum atomic E-state index is 12.2. The van der Waals surface area contributed by atoms with Gasteiger partial charge in [0.25, 0.3) is 0 Å². The van der Waals surface area contributed by atoms with E-state index in [4.69, 9.17) is 4.74 Å². The molecular weight excluding hydrogens is 266 g/mol. The maximum absolute atomic E-state index is 12.2. The smallest absolute Gasteiger partial charge is 0.244 e. The van der Waals surface area contributed by atoms with Crippen molar-refractivity contribution in [3.8, 4) is 5.75 Å². The third-order valence-electron chi connectivity index (χ3n) is 2.86. The third kappa shape index (κ3) is 4.19. The van der Waals surface area contributed by atoms with Gasteiger partial charge in [-0.05, 0) is 30.5 Å². The molecule has 1 atom stereocenters. The molecule has 108 valence electrons. The van der Waals surface area contributed by atoms with Gasteiger partial charge in [0.05, 0.1) is 13.2 Å². The number of benzene rings is 1. The van der Waals surface area contributed by atoms with Crippen LogP contribution in [0, 0.1) is 12.8 Å². The first kappa shape index (κ1) is 15.9. The minimum absolute atomic E-state index is 0.0119. The van der Waals surface area contributed by atoms with Gasteiger partial charge in [-0.15, -0.1) is 0 Å². The van der Waals surface area contributed by atoms with Gasteiger partial charge in [0, 0.05) is 6.54 Å². The Bertz CT molecular complexity index is 525. The van der Waals surface area contributed by atoms with Crippen molar-refractivity contribution in [1.29, 1.82) is 0 Å². The summed E-state index contributed by atoms with van der Waals surface area (Å²) in [5, 5.41) is 9.66. The Labute approximate surface area is 114 Å². The predicted molar refractivity (Wildman–Crippen MR) is 73.8 cm³/mol. The first-order chi connectivity index (χ1) is 8.77. The van der Waals surface area contributed by atoms with Gasteiger partial charge in [0.2, 0.25) is 10.0 Å². The van der Waals surface area contributed by atoms with Crippen molar-refractivity contribution in [3.05, 3.63) is 23.8 Å².